The van der Waals surface area contributed by atoms with Gasteiger partial charge in [0.2, 0.25) is 11.7 Å². The van der Waals surface area contributed by atoms with Crippen LogP contribution < -0.4 is 5.32 Å². The van der Waals surface area contributed by atoms with Crippen molar-refractivity contribution in [2.24, 2.45) is 0 Å². The first-order chi connectivity index (χ1) is 14.0. The molecule has 1 amide bonds. The van der Waals surface area contributed by atoms with Crippen molar-refractivity contribution in [2.75, 3.05) is 13.7 Å². The first-order valence-electron chi connectivity index (χ1n) is 9.53. The lowest BCUT2D eigenvalue weighted by atomic mass is 9.87. The molecule has 0 aromatic heterocycles. The number of ether oxygens (including phenoxy) is 5. The standard InChI is InChI=1S/C20H29NO9/c1-7-8-12-15(24)14(21-10(2)22)18(29-16(12)19(25)26-6)17(28-11(3)23)13-9-27-20(4,5)30-13/h7,13-15,17-18,24H,1,8-9H2,2-6H3,(H,21,22)/t13-,14-,15+,17-,18-/m1/s1. The number of nitrogens with one attached hydrogen (secondary N) is 1. The molecule has 0 aromatic carbocycles. The number of hydrogen-bond acceptors (Lipinski definition) is 9. The number of esters is 2. The van der Waals surface area contributed by atoms with Crippen LogP contribution in [0.5, 0.6) is 0 Å². The normalized spacial score (nSPS) is 28.9. The van der Waals surface area contributed by atoms with Gasteiger partial charge < -0.3 is 34.1 Å². The first-order valence-corrected chi connectivity index (χ1v) is 9.53. The Hall–Kier alpha value is -2.43. The molecule has 0 bridgehead atoms. The molecule has 1 fully saturated rings. The molecule has 0 aliphatic carbocycles. The minimum Gasteiger partial charge on any atom is -0.477 e. The van der Waals surface area contributed by atoms with E-state index in [4.69, 9.17) is 23.7 Å². The van der Waals surface area contributed by atoms with Gasteiger partial charge in [0.15, 0.2) is 18.0 Å². The molecule has 10 heteroatoms. The van der Waals surface area contributed by atoms with Crippen molar-refractivity contribution in [1.82, 2.24) is 5.32 Å². The number of allylic oxidation sites excluding steroid dienone is 1. The van der Waals surface area contributed by atoms with Crippen LogP contribution in [0.25, 0.3) is 0 Å². The number of aliphatic hydroxyl groups is 1. The highest BCUT2D eigenvalue weighted by atomic mass is 16.8. The van der Waals surface area contributed by atoms with Crippen LogP contribution in [0.2, 0.25) is 0 Å². The smallest absolute Gasteiger partial charge is 0.373 e. The molecule has 0 unspecified atom stereocenters. The highest BCUT2D eigenvalue weighted by molar-refractivity contribution is 5.87. The lowest BCUT2D eigenvalue weighted by molar-refractivity contribution is -0.190. The Morgan fingerprint density at radius 3 is 2.50 bits per heavy atom. The zero-order valence-corrected chi connectivity index (χ0v) is 17.8. The van der Waals surface area contributed by atoms with E-state index in [1.54, 1.807) is 13.8 Å². The summed E-state index contributed by atoms with van der Waals surface area (Å²) >= 11 is 0. The number of amides is 1. The molecule has 0 radical (unpaired) electrons. The molecule has 0 spiro atoms. The predicted molar refractivity (Wildman–Crippen MR) is 103 cm³/mol. The molecule has 0 saturated carbocycles. The SMILES string of the molecule is C=CCC1=C(C(=O)OC)O[C@@H]([C@H](OC(C)=O)[C@H]2COC(C)(C)O2)[C@H](NC(C)=O)[C@H]1O. The van der Waals surface area contributed by atoms with Crippen LogP contribution >= 0.6 is 0 Å². The Morgan fingerprint density at radius 1 is 1.37 bits per heavy atom. The number of carbonyl (C=O) groups is 3. The minimum atomic E-state index is -1.33. The summed E-state index contributed by atoms with van der Waals surface area (Å²) in [5.41, 5.74) is 0.192. The minimum absolute atomic E-state index is 0.0739. The van der Waals surface area contributed by atoms with E-state index in [-0.39, 0.29) is 24.4 Å². The van der Waals surface area contributed by atoms with Gasteiger partial charge in [0.1, 0.15) is 12.2 Å². The molecular weight excluding hydrogens is 398 g/mol. The zero-order chi connectivity index (χ0) is 22.6. The van der Waals surface area contributed by atoms with Gasteiger partial charge in [-0.25, -0.2) is 4.79 Å². The molecule has 2 heterocycles. The van der Waals surface area contributed by atoms with Gasteiger partial charge in [0.25, 0.3) is 0 Å². The van der Waals surface area contributed by atoms with Crippen molar-refractivity contribution in [3.8, 4) is 0 Å². The first kappa shape index (κ1) is 23.8. The largest absolute Gasteiger partial charge is 0.477 e. The number of rotatable bonds is 7. The van der Waals surface area contributed by atoms with Gasteiger partial charge in [-0.15, -0.1) is 6.58 Å². The third-order valence-electron chi connectivity index (χ3n) is 4.72. The Labute approximate surface area is 175 Å². The monoisotopic (exact) mass is 427 g/mol. The second-order valence-electron chi connectivity index (χ2n) is 7.53. The summed E-state index contributed by atoms with van der Waals surface area (Å²) in [6.45, 7) is 9.57. The van der Waals surface area contributed by atoms with Crippen molar-refractivity contribution >= 4 is 17.8 Å². The maximum atomic E-state index is 12.3. The molecule has 5 atom stereocenters. The fraction of sp³-hybridized carbons (Fsp3) is 0.650. The van der Waals surface area contributed by atoms with E-state index < -0.39 is 54.1 Å². The van der Waals surface area contributed by atoms with Gasteiger partial charge >= 0.3 is 11.9 Å². The number of methoxy groups -OCH3 is 1. The second-order valence-corrected chi connectivity index (χ2v) is 7.53. The van der Waals surface area contributed by atoms with Crippen LogP contribution in [-0.4, -0.2) is 72.9 Å². The molecule has 168 valence electrons. The quantitative estimate of drug-likeness (QED) is 0.436. The van der Waals surface area contributed by atoms with Crippen LogP contribution in [0.15, 0.2) is 24.0 Å². The third-order valence-corrected chi connectivity index (χ3v) is 4.72. The van der Waals surface area contributed by atoms with Gasteiger partial charge in [0, 0.05) is 19.4 Å². The van der Waals surface area contributed by atoms with Gasteiger partial charge in [-0.2, -0.15) is 0 Å². The van der Waals surface area contributed by atoms with Gasteiger partial charge in [-0.05, 0) is 20.3 Å². The van der Waals surface area contributed by atoms with Crippen LogP contribution in [0.3, 0.4) is 0 Å². The molecule has 0 aromatic rings. The van der Waals surface area contributed by atoms with Crippen LogP contribution in [0.1, 0.15) is 34.1 Å². The van der Waals surface area contributed by atoms with Gasteiger partial charge in [-0.1, -0.05) is 6.08 Å². The fourth-order valence-corrected chi connectivity index (χ4v) is 3.55. The van der Waals surface area contributed by atoms with Crippen molar-refractivity contribution in [2.45, 2.75) is 70.4 Å². The summed E-state index contributed by atoms with van der Waals surface area (Å²) in [7, 11) is 1.17. The highest BCUT2D eigenvalue weighted by Gasteiger charge is 2.51. The lowest BCUT2D eigenvalue weighted by Crippen LogP contribution is -2.62. The fourth-order valence-electron chi connectivity index (χ4n) is 3.55. The van der Waals surface area contributed by atoms with Crippen molar-refractivity contribution in [3.63, 3.8) is 0 Å². The topological polar surface area (TPSA) is 130 Å². The maximum Gasteiger partial charge on any atom is 0.373 e. The summed E-state index contributed by atoms with van der Waals surface area (Å²) in [4.78, 5) is 36.0. The molecule has 1 saturated heterocycles. The predicted octanol–water partition coefficient (Wildman–Crippen LogP) is 0.337. The Balaban J connectivity index is 2.52. The molecule has 30 heavy (non-hydrogen) atoms. The summed E-state index contributed by atoms with van der Waals surface area (Å²) in [5, 5.41) is 13.6. The van der Waals surface area contributed by atoms with Crippen LogP contribution in [0.4, 0.5) is 0 Å². The summed E-state index contributed by atoms with van der Waals surface area (Å²) in [6.07, 6.45) is -2.75. The summed E-state index contributed by atoms with van der Waals surface area (Å²) < 4.78 is 27.5. The van der Waals surface area contributed by atoms with Crippen molar-refractivity contribution < 1.29 is 43.2 Å². The van der Waals surface area contributed by atoms with Crippen molar-refractivity contribution in [3.05, 3.63) is 24.0 Å². The van der Waals surface area contributed by atoms with E-state index in [0.717, 1.165) is 0 Å². The maximum absolute atomic E-state index is 12.3. The number of hydrogen-bond donors (Lipinski definition) is 2. The average molecular weight is 427 g/mol. The van der Waals surface area contributed by atoms with Crippen LogP contribution in [-0.2, 0) is 38.1 Å². The molecule has 2 aliphatic rings. The van der Waals surface area contributed by atoms with Crippen LogP contribution in [0, 0.1) is 0 Å². The van der Waals surface area contributed by atoms with E-state index in [2.05, 4.69) is 11.9 Å². The number of carbonyl (C=O) groups excluding carboxylic acids is 3. The average Bonchev–Trinajstić information content (AvgIpc) is 3.02. The van der Waals surface area contributed by atoms with E-state index in [9.17, 15) is 19.5 Å². The molecule has 10 nitrogen and oxygen atoms in total. The second kappa shape index (κ2) is 9.59. The van der Waals surface area contributed by atoms with E-state index in [1.807, 2.05) is 0 Å². The van der Waals surface area contributed by atoms with E-state index in [0.29, 0.717) is 0 Å². The van der Waals surface area contributed by atoms with Gasteiger partial charge in [-0.3, -0.25) is 9.59 Å². The Kier molecular flexibility index (Phi) is 7.62. The molecular formula is C20H29NO9. The lowest BCUT2D eigenvalue weighted by Gasteiger charge is -2.42. The van der Waals surface area contributed by atoms with Gasteiger partial charge in [0.05, 0.1) is 19.8 Å². The van der Waals surface area contributed by atoms with E-state index >= 15 is 0 Å². The number of aliphatic hydroxyl groups excluding tert-OH is 1. The van der Waals surface area contributed by atoms with E-state index in [1.165, 1.54) is 27.0 Å². The zero-order valence-electron chi connectivity index (χ0n) is 17.8. The van der Waals surface area contributed by atoms with Crippen molar-refractivity contribution in [1.29, 1.82) is 0 Å². The molecule has 2 N–H and O–H groups in total. The highest BCUT2D eigenvalue weighted by Crippen LogP contribution is 2.35. The Morgan fingerprint density at radius 2 is 2.03 bits per heavy atom. The third kappa shape index (κ3) is 5.38. The Bertz CT molecular complexity index is 730. The summed E-state index contributed by atoms with van der Waals surface area (Å²) in [6, 6.07) is -1.04. The molecule has 2 rings (SSSR count). The summed E-state index contributed by atoms with van der Waals surface area (Å²) in [5.74, 6) is -3.06. The molecule has 2 aliphatic heterocycles.